The van der Waals surface area contributed by atoms with E-state index in [0.717, 1.165) is 13.0 Å². The van der Waals surface area contributed by atoms with Crippen molar-refractivity contribution in [1.29, 1.82) is 0 Å². The van der Waals surface area contributed by atoms with E-state index in [1.54, 1.807) is 10.7 Å². The molecule has 20 heavy (non-hydrogen) atoms. The SMILES string of the molecule is O=C(Nc1cc(Cl)ccc1O)c1cc2n(n1)CCCO2. The molecule has 2 heterocycles. The summed E-state index contributed by atoms with van der Waals surface area (Å²) in [4.78, 5) is 12.1. The third-order valence-corrected chi connectivity index (χ3v) is 3.18. The van der Waals surface area contributed by atoms with Crippen LogP contribution in [0, 0.1) is 0 Å². The Bertz CT molecular complexity index is 645. The summed E-state index contributed by atoms with van der Waals surface area (Å²) in [6.07, 6.45) is 0.866. The lowest BCUT2D eigenvalue weighted by Crippen LogP contribution is -2.16. The number of nitrogens with one attached hydrogen (secondary N) is 1. The molecular formula is C13H12ClN3O3. The average Bonchev–Trinajstić information content (AvgIpc) is 2.87. The lowest BCUT2D eigenvalue weighted by molar-refractivity contribution is 0.102. The molecule has 2 aromatic rings. The van der Waals surface area contributed by atoms with E-state index in [1.807, 2.05) is 0 Å². The molecule has 7 heteroatoms. The Labute approximate surface area is 119 Å². The number of ether oxygens (including phenoxy) is 1. The fourth-order valence-corrected chi connectivity index (χ4v) is 2.14. The zero-order valence-electron chi connectivity index (χ0n) is 10.5. The van der Waals surface area contributed by atoms with Gasteiger partial charge in [0.05, 0.1) is 12.3 Å². The maximum absolute atomic E-state index is 12.1. The van der Waals surface area contributed by atoms with Gasteiger partial charge in [0.15, 0.2) is 5.69 Å². The van der Waals surface area contributed by atoms with E-state index in [4.69, 9.17) is 16.3 Å². The number of aromatic nitrogens is 2. The van der Waals surface area contributed by atoms with E-state index < -0.39 is 5.91 Å². The normalized spacial score (nSPS) is 13.4. The largest absolute Gasteiger partial charge is 0.506 e. The zero-order chi connectivity index (χ0) is 14.1. The van der Waals surface area contributed by atoms with E-state index in [2.05, 4.69) is 10.4 Å². The van der Waals surface area contributed by atoms with Crippen molar-refractivity contribution >= 4 is 23.2 Å². The Balaban J connectivity index is 1.82. The number of phenols is 1. The molecule has 0 saturated heterocycles. The van der Waals surface area contributed by atoms with Gasteiger partial charge in [0.2, 0.25) is 5.88 Å². The number of aryl methyl sites for hydroxylation is 1. The van der Waals surface area contributed by atoms with Gasteiger partial charge in [-0.2, -0.15) is 5.10 Å². The summed E-state index contributed by atoms with van der Waals surface area (Å²) in [6.45, 7) is 1.35. The molecule has 0 aliphatic carbocycles. The Kier molecular flexibility index (Phi) is 3.23. The molecule has 0 atom stereocenters. The Morgan fingerprint density at radius 2 is 2.30 bits per heavy atom. The maximum atomic E-state index is 12.1. The molecule has 0 radical (unpaired) electrons. The van der Waals surface area contributed by atoms with Crippen molar-refractivity contribution in [2.75, 3.05) is 11.9 Å². The molecule has 0 bridgehead atoms. The van der Waals surface area contributed by atoms with Crippen molar-refractivity contribution in [3.8, 4) is 11.6 Å². The van der Waals surface area contributed by atoms with Crippen molar-refractivity contribution in [3.05, 3.63) is 35.0 Å². The predicted octanol–water partition coefficient (Wildman–Crippen LogP) is 2.28. The van der Waals surface area contributed by atoms with Crippen LogP contribution < -0.4 is 10.1 Å². The topological polar surface area (TPSA) is 76.4 Å². The van der Waals surface area contributed by atoms with Crippen molar-refractivity contribution in [1.82, 2.24) is 9.78 Å². The van der Waals surface area contributed by atoms with Crippen LogP contribution in [-0.2, 0) is 6.54 Å². The van der Waals surface area contributed by atoms with Crippen LogP contribution in [0.2, 0.25) is 5.02 Å². The van der Waals surface area contributed by atoms with Crippen LogP contribution in [-0.4, -0.2) is 27.4 Å². The number of phenolic OH excluding ortho intramolecular Hbond substituents is 1. The number of carbonyl (C=O) groups excluding carboxylic acids is 1. The van der Waals surface area contributed by atoms with Gasteiger partial charge < -0.3 is 15.2 Å². The summed E-state index contributed by atoms with van der Waals surface area (Å²) in [5.74, 6) is 0.104. The first-order valence-electron chi connectivity index (χ1n) is 6.14. The quantitative estimate of drug-likeness (QED) is 0.833. The minimum Gasteiger partial charge on any atom is -0.506 e. The molecule has 0 spiro atoms. The number of rotatable bonds is 2. The third-order valence-electron chi connectivity index (χ3n) is 2.95. The standard InChI is InChI=1S/C13H12ClN3O3/c14-8-2-3-11(18)9(6-8)15-13(19)10-7-12-17(16-10)4-1-5-20-12/h2-3,6-7,18H,1,4-5H2,(H,15,19). The van der Waals surface area contributed by atoms with Gasteiger partial charge >= 0.3 is 0 Å². The second-order valence-electron chi connectivity index (χ2n) is 4.41. The van der Waals surface area contributed by atoms with E-state index in [9.17, 15) is 9.90 Å². The highest BCUT2D eigenvalue weighted by Crippen LogP contribution is 2.27. The molecule has 1 aliphatic heterocycles. The number of hydrogen-bond acceptors (Lipinski definition) is 4. The van der Waals surface area contributed by atoms with Crippen molar-refractivity contribution in [3.63, 3.8) is 0 Å². The Hall–Kier alpha value is -2.21. The summed E-state index contributed by atoms with van der Waals surface area (Å²) in [5.41, 5.74) is 0.482. The Morgan fingerprint density at radius 1 is 1.45 bits per heavy atom. The lowest BCUT2D eigenvalue weighted by Gasteiger charge is -2.13. The molecule has 2 N–H and O–H groups in total. The van der Waals surface area contributed by atoms with E-state index in [0.29, 0.717) is 17.5 Å². The number of aromatic hydroxyl groups is 1. The first-order valence-corrected chi connectivity index (χ1v) is 6.52. The van der Waals surface area contributed by atoms with Crippen molar-refractivity contribution in [2.24, 2.45) is 0 Å². The number of anilines is 1. The van der Waals surface area contributed by atoms with Crippen LogP contribution in [0.1, 0.15) is 16.9 Å². The third kappa shape index (κ3) is 2.42. The summed E-state index contributed by atoms with van der Waals surface area (Å²) in [7, 11) is 0. The van der Waals surface area contributed by atoms with E-state index in [-0.39, 0.29) is 17.1 Å². The van der Waals surface area contributed by atoms with Crippen LogP contribution in [0.5, 0.6) is 11.6 Å². The van der Waals surface area contributed by atoms with Gasteiger partial charge in [-0.05, 0) is 18.2 Å². The number of hydrogen-bond donors (Lipinski definition) is 2. The molecule has 0 unspecified atom stereocenters. The van der Waals surface area contributed by atoms with Crippen molar-refractivity contribution < 1.29 is 14.6 Å². The summed E-state index contributed by atoms with van der Waals surface area (Å²) in [6, 6.07) is 6.01. The number of amides is 1. The van der Waals surface area contributed by atoms with Gasteiger partial charge in [-0.15, -0.1) is 0 Å². The van der Waals surface area contributed by atoms with Crippen LogP contribution >= 0.6 is 11.6 Å². The van der Waals surface area contributed by atoms with Crippen molar-refractivity contribution in [2.45, 2.75) is 13.0 Å². The van der Waals surface area contributed by atoms with Gasteiger partial charge in [0.1, 0.15) is 5.75 Å². The first-order chi connectivity index (χ1) is 9.63. The molecule has 1 amide bonds. The highest BCUT2D eigenvalue weighted by Gasteiger charge is 2.18. The highest BCUT2D eigenvalue weighted by molar-refractivity contribution is 6.31. The molecule has 6 nitrogen and oxygen atoms in total. The molecular weight excluding hydrogens is 282 g/mol. The smallest absolute Gasteiger partial charge is 0.276 e. The molecule has 1 aliphatic rings. The van der Waals surface area contributed by atoms with Gasteiger partial charge in [-0.25, -0.2) is 4.68 Å². The monoisotopic (exact) mass is 293 g/mol. The fourth-order valence-electron chi connectivity index (χ4n) is 1.97. The minimum absolute atomic E-state index is 0.0528. The van der Waals surface area contributed by atoms with Gasteiger partial charge in [-0.1, -0.05) is 11.6 Å². The van der Waals surface area contributed by atoms with Crippen LogP contribution in [0.25, 0.3) is 0 Å². The number of carbonyl (C=O) groups is 1. The molecule has 0 saturated carbocycles. The Morgan fingerprint density at radius 3 is 3.10 bits per heavy atom. The second kappa shape index (κ2) is 5.05. The molecule has 3 rings (SSSR count). The number of nitrogens with zero attached hydrogens (tertiary/aromatic N) is 2. The fraction of sp³-hybridized carbons (Fsp3) is 0.231. The average molecular weight is 294 g/mol. The number of fused-ring (bicyclic) bond motifs is 1. The highest BCUT2D eigenvalue weighted by atomic mass is 35.5. The minimum atomic E-state index is -0.423. The molecule has 1 aromatic heterocycles. The second-order valence-corrected chi connectivity index (χ2v) is 4.85. The molecule has 1 aromatic carbocycles. The predicted molar refractivity (Wildman–Crippen MR) is 73.4 cm³/mol. The first kappa shape index (κ1) is 12.8. The molecule has 104 valence electrons. The lowest BCUT2D eigenvalue weighted by atomic mass is 10.3. The number of benzene rings is 1. The van der Waals surface area contributed by atoms with Crippen LogP contribution in [0.4, 0.5) is 5.69 Å². The summed E-state index contributed by atoms with van der Waals surface area (Å²) < 4.78 is 7.05. The van der Waals surface area contributed by atoms with Gasteiger partial charge in [0.25, 0.3) is 5.91 Å². The number of halogens is 1. The summed E-state index contributed by atoms with van der Waals surface area (Å²) >= 11 is 5.83. The van der Waals surface area contributed by atoms with Gasteiger partial charge in [-0.3, -0.25) is 4.79 Å². The molecule has 0 fully saturated rings. The van der Waals surface area contributed by atoms with Crippen LogP contribution in [0.3, 0.4) is 0 Å². The summed E-state index contributed by atoms with van der Waals surface area (Å²) in [5, 5.41) is 16.8. The van der Waals surface area contributed by atoms with E-state index >= 15 is 0 Å². The maximum Gasteiger partial charge on any atom is 0.276 e. The van der Waals surface area contributed by atoms with E-state index in [1.165, 1.54) is 18.2 Å². The van der Waals surface area contributed by atoms with Gasteiger partial charge in [0, 0.05) is 24.1 Å². The zero-order valence-corrected chi connectivity index (χ0v) is 11.2. The van der Waals surface area contributed by atoms with Crippen LogP contribution in [0.15, 0.2) is 24.3 Å².